The second kappa shape index (κ2) is 5.56. The van der Waals surface area contributed by atoms with Crippen molar-refractivity contribution >= 4 is 12.0 Å². The SMILES string of the molecule is CN(CC1CCCCO1)C(=O)N1CC(C(=O)O)C1. The van der Waals surface area contributed by atoms with Crippen LogP contribution in [0.4, 0.5) is 4.79 Å². The van der Waals surface area contributed by atoms with Crippen LogP contribution in [0.15, 0.2) is 0 Å². The molecule has 1 unspecified atom stereocenters. The molecule has 2 aliphatic heterocycles. The lowest BCUT2D eigenvalue weighted by Gasteiger charge is -2.39. The molecule has 0 saturated carbocycles. The minimum Gasteiger partial charge on any atom is -0.481 e. The van der Waals surface area contributed by atoms with Gasteiger partial charge in [0.15, 0.2) is 0 Å². The van der Waals surface area contributed by atoms with Gasteiger partial charge in [-0.1, -0.05) is 0 Å². The molecule has 2 fully saturated rings. The summed E-state index contributed by atoms with van der Waals surface area (Å²) in [5.74, 6) is -1.22. The summed E-state index contributed by atoms with van der Waals surface area (Å²) in [6.45, 7) is 2.01. The predicted molar refractivity (Wildman–Crippen MR) is 64.3 cm³/mol. The topological polar surface area (TPSA) is 70.1 Å². The molecule has 2 saturated heterocycles. The number of carbonyl (C=O) groups excluding carboxylic acids is 1. The van der Waals surface area contributed by atoms with E-state index >= 15 is 0 Å². The van der Waals surface area contributed by atoms with Crippen molar-refractivity contribution in [3.8, 4) is 0 Å². The van der Waals surface area contributed by atoms with E-state index in [1.54, 1.807) is 16.8 Å². The fourth-order valence-corrected chi connectivity index (χ4v) is 2.37. The Morgan fingerprint density at radius 3 is 2.67 bits per heavy atom. The zero-order valence-corrected chi connectivity index (χ0v) is 10.7. The van der Waals surface area contributed by atoms with E-state index in [0.717, 1.165) is 25.9 Å². The standard InChI is InChI=1S/C12H20N2O4/c1-13(8-10-4-2-3-5-18-10)12(17)14-6-9(7-14)11(15)16/h9-10H,2-8H2,1H3,(H,15,16). The highest BCUT2D eigenvalue weighted by Crippen LogP contribution is 2.19. The van der Waals surface area contributed by atoms with E-state index in [1.165, 1.54) is 0 Å². The number of carboxylic acid groups (broad SMARTS) is 1. The fourth-order valence-electron chi connectivity index (χ4n) is 2.37. The lowest BCUT2D eigenvalue weighted by Crippen LogP contribution is -2.57. The van der Waals surface area contributed by atoms with Crippen molar-refractivity contribution in [1.29, 1.82) is 0 Å². The van der Waals surface area contributed by atoms with Gasteiger partial charge in [0.05, 0.1) is 12.0 Å². The van der Waals surface area contributed by atoms with E-state index in [-0.39, 0.29) is 12.1 Å². The zero-order chi connectivity index (χ0) is 13.1. The first kappa shape index (κ1) is 13.1. The molecule has 0 aromatic carbocycles. The van der Waals surface area contributed by atoms with Crippen LogP contribution in [0, 0.1) is 5.92 Å². The Bertz CT molecular complexity index is 322. The molecule has 2 aliphatic rings. The van der Waals surface area contributed by atoms with Gasteiger partial charge in [-0.05, 0) is 19.3 Å². The van der Waals surface area contributed by atoms with Crippen molar-refractivity contribution in [1.82, 2.24) is 9.80 Å². The van der Waals surface area contributed by atoms with Gasteiger partial charge in [0.2, 0.25) is 0 Å². The number of hydrogen-bond acceptors (Lipinski definition) is 3. The van der Waals surface area contributed by atoms with Crippen molar-refractivity contribution in [2.45, 2.75) is 25.4 Å². The Labute approximate surface area is 106 Å². The molecule has 6 nitrogen and oxygen atoms in total. The largest absolute Gasteiger partial charge is 0.481 e. The van der Waals surface area contributed by atoms with Crippen LogP contribution < -0.4 is 0 Å². The summed E-state index contributed by atoms with van der Waals surface area (Å²) in [5, 5.41) is 8.76. The van der Waals surface area contributed by atoms with Crippen LogP contribution in [0.1, 0.15) is 19.3 Å². The van der Waals surface area contributed by atoms with Gasteiger partial charge >= 0.3 is 12.0 Å². The van der Waals surface area contributed by atoms with E-state index < -0.39 is 11.9 Å². The Morgan fingerprint density at radius 1 is 1.39 bits per heavy atom. The van der Waals surface area contributed by atoms with Gasteiger partial charge in [0.25, 0.3) is 0 Å². The third-order valence-electron chi connectivity index (χ3n) is 3.58. The number of hydrogen-bond donors (Lipinski definition) is 1. The predicted octanol–water partition coefficient (Wildman–Crippen LogP) is 0.624. The summed E-state index contributed by atoms with van der Waals surface area (Å²) in [7, 11) is 1.74. The average molecular weight is 256 g/mol. The van der Waals surface area contributed by atoms with Gasteiger partial charge in [-0.3, -0.25) is 4.79 Å². The molecule has 0 aromatic heterocycles. The minimum absolute atomic E-state index is 0.0957. The number of likely N-dealkylation sites (tertiary alicyclic amines) is 1. The van der Waals surface area contributed by atoms with Crippen molar-refractivity contribution in [3.63, 3.8) is 0 Å². The number of carboxylic acids is 1. The summed E-state index contributed by atoms with van der Waals surface area (Å²) < 4.78 is 5.58. The number of urea groups is 1. The molecule has 102 valence electrons. The number of ether oxygens (including phenoxy) is 1. The summed E-state index contributed by atoms with van der Waals surface area (Å²) in [4.78, 5) is 25.8. The Kier molecular flexibility index (Phi) is 4.06. The first-order valence-electron chi connectivity index (χ1n) is 6.42. The molecule has 1 N–H and O–H groups in total. The van der Waals surface area contributed by atoms with Crippen LogP contribution in [-0.4, -0.2) is 66.3 Å². The van der Waals surface area contributed by atoms with Gasteiger partial charge in [-0.25, -0.2) is 4.79 Å². The third-order valence-corrected chi connectivity index (χ3v) is 3.58. The van der Waals surface area contributed by atoms with Crippen LogP contribution in [0.3, 0.4) is 0 Å². The number of carbonyl (C=O) groups is 2. The van der Waals surface area contributed by atoms with Crippen molar-refractivity contribution in [2.24, 2.45) is 5.92 Å². The summed E-state index contributed by atoms with van der Waals surface area (Å²) in [6, 6.07) is -0.0957. The quantitative estimate of drug-likeness (QED) is 0.803. The van der Waals surface area contributed by atoms with Crippen molar-refractivity contribution in [3.05, 3.63) is 0 Å². The highest BCUT2D eigenvalue weighted by molar-refractivity contribution is 5.79. The molecule has 18 heavy (non-hydrogen) atoms. The number of rotatable bonds is 3. The summed E-state index contributed by atoms with van der Waals surface area (Å²) in [5.41, 5.74) is 0. The molecule has 0 bridgehead atoms. The second-order valence-corrected chi connectivity index (χ2v) is 5.09. The molecule has 0 radical (unpaired) electrons. The molecule has 2 rings (SSSR count). The maximum absolute atomic E-state index is 12.0. The third kappa shape index (κ3) is 2.93. The van der Waals surface area contributed by atoms with Crippen molar-refractivity contribution < 1.29 is 19.4 Å². The summed E-state index contributed by atoms with van der Waals surface area (Å²) in [6.07, 6.45) is 3.37. The maximum atomic E-state index is 12.0. The molecule has 0 spiro atoms. The van der Waals surface area contributed by atoms with Crippen LogP contribution in [0.5, 0.6) is 0 Å². The first-order chi connectivity index (χ1) is 8.58. The molecule has 2 amide bonds. The maximum Gasteiger partial charge on any atom is 0.319 e. The van der Waals surface area contributed by atoms with Gasteiger partial charge in [-0.15, -0.1) is 0 Å². The number of aliphatic carboxylic acids is 1. The van der Waals surface area contributed by atoms with Crippen LogP contribution in [0.2, 0.25) is 0 Å². The molecular weight excluding hydrogens is 236 g/mol. The minimum atomic E-state index is -0.822. The Morgan fingerprint density at radius 2 is 2.11 bits per heavy atom. The molecule has 0 aliphatic carbocycles. The van der Waals surface area contributed by atoms with Crippen LogP contribution >= 0.6 is 0 Å². The van der Waals surface area contributed by atoms with Crippen LogP contribution in [-0.2, 0) is 9.53 Å². The number of nitrogens with zero attached hydrogens (tertiary/aromatic N) is 2. The summed E-state index contributed by atoms with van der Waals surface area (Å²) >= 11 is 0. The Hall–Kier alpha value is -1.30. The molecule has 0 aromatic rings. The molecule has 2 heterocycles. The number of likely N-dealkylation sites (N-methyl/N-ethyl adjacent to an activating group) is 1. The van der Waals surface area contributed by atoms with E-state index in [1.807, 2.05) is 0 Å². The normalized spacial score (nSPS) is 24.5. The smallest absolute Gasteiger partial charge is 0.319 e. The van der Waals surface area contributed by atoms with Gasteiger partial charge < -0.3 is 19.6 Å². The fraction of sp³-hybridized carbons (Fsp3) is 0.833. The van der Waals surface area contributed by atoms with E-state index in [9.17, 15) is 9.59 Å². The second-order valence-electron chi connectivity index (χ2n) is 5.09. The van der Waals surface area contributed by atoms with E-state index in [4.69, 9.17) is 9.84 Å². The Balaban J connectivity index is 1.73. The van der Waals surface area contributed by atoms with E-state index in [0.29, 0.717) is 19.6 Å². The first-order valence-corrected chi connectivity index (χ1v) is 6.42. The van der Waals surface area contributed by atoms with Gasteiger partial charge in [0.1, 0.15) is 0 Å². The molecule has 6 heteroatoms. The highest BCUT2D eigenvalue weighted by atomic mass is 16.5. The molecule has 1 atom stereocenters. The highest BCUT2D eigenvalue weighted by Gasteiger charge is 2.37. The molecular formula is C12H20N2O4. The average Bonchev–Trinajstić information content (AvgIpc) is 2.27. The zero-order valence-electron chi connectivity index (χ0n) is 10.7. The van der Waals surface area contributed by atoms with Gasteiger partial charge in [0, 0.05) is 33.3 Å². The van der Waals surface area contributed by atoms with Crippen LogP contribution in [0.25, 0.3) is 0 Å². The number of amides is 2. The van der Waals surface area contributed by atoms with Gasteiger partial charge in [-0.2, -0.15) is 0 Å². The van der Waals surface area contributed by atoms with E-state index in [2.05, 4.69) is 0 Å². The monoisotopic (exact) mass is 256 g/mol. The lowest BCUT2D eigenvalue weighted by atomic mass is 10.0. The lowest BCUT2D eigenvalue weighted by molar-refractivity contribution is -0.146. The van der Waals surface area contributed by atoms with Crippen molar-refractivity contribution in [2.75, 3.05) is 33.3 Å².